The Kier molecular flexibility index (Phi) is 13.4. The standard InChI is InChI=1S/C21H24ClNO2.C4H8O2.C2H6/c1-3-14-6-5-7-17(20(14)15-8-9-15)21(25-4-2)18-12-16(22)10-11-19(18)23-13-24;1-3-6-4(2)5;1-2/h5-7,10-13,15,21H,3-4,8-9H2,1-2H3,(H,23,24);3H2,1-2H3;1-2H3/t21-;;/m1../s1. The van der Waals surface area contributed by atoms with Crippen LogP contribution >= 0.6 is 11.6 Å². The van der Waals surface area contributed by atoms with Crippen molar-refractivity contribution in [1.82, 2.24) is 0 Å². The van der Waals surface area contributed by atoms with Gasteiger partial charge in [-0.3, -0.25) is 9.59 Å². The summed E-state index contributed by atoms with van der Waals surface area (Å²) in [5.41, 5.74) is 5.63. The zero-order valence-electron chi connectivity index (χ0n) is 20.7. The van der Waals surface area contributed by atoms with Crippen LogP contribution in [-0.2, 0) is 25.5 Å². The average molecular weight is 476 g/mol. The summed E-state index contributed by atoms with van der Waals surface area (Å²) in [5, 5.41) is 3.42. The number of nitrogens with one attached hydrogen (secondary N) is 1. The van der Waals surface area contributed by atoms with E-state index in [9.17, 15) is 9.59 Å². The van der Waals surface area contributed by atoms with Crippen molar-refractivity contribution in [2.24, 2.45) is 0 Å². The fourth-order valence-corrected chi connectivity index (χ4v) is 3.88. The van der Waals surface area contributed by atoms with Crippen LogP contribution in [0.3, 0.4) is 0 Å². The van der Waals surface area contributed by atoms with E-state index in [-0.39, 0.29) is 12.1 Å². The molecule has 1 fully saturated rings. The van der Waals surface area contributed by atoms with Crippen molar-refractivity contribution in [1.29, 1.82) is 0 Å². The molecule has 2 aromatic rings. The topological polar surface area (TPSA) is 64.6 Å². The van der Waals surface area contributed by atoms with E-state index in [0.717, 1.165) is 17.7 Å². The van der Waals surface area contributed by atoms with Crippen molar-refractivity contribution in [3.63, 3.8) is 0 Å². The molecule has 1 saturated carbocycles. The molecule has 0 heterocycles. The number of hydrogen-bond acceptors (Lipinski definition) is 4. The van der Waals surface area contributed by atoms with Gasteiger partial charge in [0.15, 0.2) is 0 Å². The number of benzene rings is 2. The van der Waals surface area contributed by atoms with Gasteiger partial charge in [0.2, 0.25) is 6.41 Å². The van der Waals surface area contributed by atoms with Gasteiger partial charge in [0, 0.05) is 29.8 Å². The fraction of sp³-hybridized carbons (Fsp3) is 0.481. The van der Waals surface area contributed by atoms with Gasteiger partial charge >= 0.3 is 5.97 Å². The van der Waals surface area contributed by atoms with Crippen LogP contribution in [0.2, 0.25) is 5.02 Å². The molecule has 0 unspecified atom stereocenters. The summed E-state index contributed by atoms with van der Waals surface area (Å²) in [7, 11) is 0. The van der Waals surface area contributed by atoms with Gasteiger partial charge in [-0.25, -0.2) is 0 Å². The molecule has 6 heteroatoms. The number of carbonyl (C=O) groups is 2. The van der Waals surface area contributed by atoms with E-state index < -0.39 is 0 Å². The third-order valence-electron chi connectivity index (χ3n) is 5.07. The number of hydrogen-bond donors (Lipinski definition) is 1. The highest BCUT2D eigenvalue weighted by molar-refractivity contribution is 6.30. The highest BCUT2D eigenvalue weighted by Gasteiger charge is 2.31. The molecule has 182 valence electrons. The molecule has 1 atom stereocenters. The Balaban J connectivity index is 0.000000593. The van der Waals surface area contributed by atoms with E-state index >= 15 is 0 Å². The van der Waals surface area contributed by atoms with Crippen LogP contribution < -0.4 is 5.32 Å². The van der Waals surface area contributed by atoms with Crippen molar-refractivity contribution < 1.29 is 19.1 Å². The number of halogens is 1. The number of anilines is 1. The molecule has 0 spiro atoms. The van der Waals surface area contributed by atoms with Crippen LogP contribution in [0.25, 0.3) is 0 Å². The molecule has 1 aliphatic rings. The first kappa shape index (κ1) is 28.7. The van der Waals surface area contributed by atoms with E-state index in [4.69, 9.17) is 16.3 Å². The second kappa shape index (κ2) is 15.5. The molecular formula is C27H38ClNO4. The van der Waals surface area contributed by atoms with Gasteiger partial charge < -0.3 is 14.8 Å². The molecule has 0 saturated heterocycles. The van der Waals surface area contributed by atoms with Crippen molar-refractivity contribution in [3.8, 4) is 0 Å². The summed E-state index contributed by atoms with van der Waals surface area (Å²) >= 11 is 6.25. The Morgan fingerprint density at radius 3 is 2.30 bits per heavy atom. The Hall–Kier alpha value is -2.37. The lowest BCUT2D eigenvalue weighted by atomic mass is 9.89. The van der Waals surface area contributed by atoms with Crippen LogP contribution in [-0.4, -0.2) is 25.6 Å². The predicted molar refractivity (Wildman–Crippen MR) is 136 cm³/mol. The van der Waals surface area contributed by atoms with Gasteiger partial charge in [0.25, 0.3) is 0 Å². The molecule has 0 bridgehead atoms. The van der Waals surface area contributed by atoms with Gasteiger partial charge in [0.05, 0.1) is 6.61 Å². The first-order chi connectivity index (χ1) is 16.0. The number of aryl methyl sites for hydroxylation is 1. The number of esters is 1. The van der Waals surface area contributed by atoms with E-state index in [2.05, 4.69) is 35.2 Å². The number of amides is 1. The Morgan fingerprint density at radius 1 is 1.12 bits per heavy atom. The van der Waals surface area contributed by atoms with E-state index in [0.29, 0.717) is 30.6 Å². The Morgan fingerprint density at radius 2 is 1.82 bits per heavy atom. The minimum atomic E-state index is -0.242. The van der Waals surface area contributed by atoms with Crippen molar-refractivity contribution in [2.75, 3.05) is 18.5 Å². The van der Waals surface area contributed by atoms with Gasteiger partial charge in [-0.1, -0.05) is 50.6 Å². The van der Waals surface area contributed by atoms with Gasteiger partial charge in [-0.2, -0.15) is 0 Å². The van der Waals surface area contributed by atoms with E-state index in [1.54, 1.807) is 13.0 Å². The molecular weight excluding hydrogens is 438 g/mol. The van der Waals surface area contributed by atoms with Crippen LogP contribution in [0.15, 0.2) is 36.4 Å². The summed E-state index contributed by atoms with van der Waals surface area (Å²) in [6.07, 6.45) is 3.93. The van der Waals surface area contributed by atoms with Crippen molar-refractivity contribution in [3.05, 3.63) is 63.7 Å². The first-order valence-electron chi connectivity index (χ1n) is 11.8. The minimum Gasteiger partial charge on any atom is -0.466 e. The smallest absolute Gasteiger partial charge is 0.302 e. The van der Waals surface area contributed by atoms with Crippen LogP contribution in [0.5, 0.6) is 0 Å². The third kappa shape index (κ3) is 8.82. The van der Waals surface area contributed by atoms with Crippen LogP contribution in [0.4, 0.5) is 5.69 Å². The summed E-state index contributed by atoms with van der Waals surface area (Å²) < 4.78 is 10.6. The maximum atomic E-state index is 11.0. The molecule has 33 heavy (non-hydrogen) atoms. The number of ether oxygens (including phenoxy) is 2. The summed E-state index contributed by atoms with van der Waals surface area (Å²) in [6, 6.07) is 12.0. The molecule has 0 aliphatic heterocycles. The maximum Gasteiger partial charge on any atom is 0.302 e. The van der Waals surface area contributed by atoms with Gasteiger partial charge in [-0.15, -0.1) is 0 Å². The van der Waals surface area contributed by atoms with Gasteiger partial charge in [0.1, 0.15) is 6.10 Å². The lowest BCUT2D eigenvalue weighted by molar-refractivity contribution is -0.140. The molecule has 5 nitrogen and oxygen atoms in total. The largest absolute Gasteiger partial charge is 0.466 e. The number of carbonyl (C=O) groups excluding carboxylic acids is 2. The first-order valence-corrected chi connectivity index (χ1v) is 12.2. The third-order valence-corrected chi connectivity index (χ3v) is 5.31. The highest BCUT2D eigenvalue weighted by atomic mass is 35.5. The predicted octanol–water partition coefficient (Wildman–Crippen LogP) is 7.07. The van der Waals surface area contributed by atoms with Crippen molar-refractivity contribution >= 4 is 29.7 Å². The zero-order chi connectivity index (χ0) is 24.8. The molecule has 3 rings (SSSR count). The average Bonchev–Trinajstić information content (AvgIpc) is 3.65. The van der Waals surface area contributed by atoms with Crippen LogP contribution in [0.1, 0.15) is 88.7 Å². The van der Waals surface area contributed by atoms with E-state index in [1.165, 1.54) is 36.5 Å². The molecule has 1 N–H and O–H groups in total. The van der Waals surface area contributed by atoms with E-state index in [1.807, 2.05) is 32.9 Å². The second-order valence-electron chi connectivity index (χ2n) is 7.30. The zero-order valence-corrected chi connectivity index (χ0v) is 21.5. The van der Waals surface area contributed by atoms with Gasteiger partial charge in [-0.05, 0) is 73.9 Å². The highest BCUT2D eigenvalue weighted by Crippen LogP contribution is 2.47. The maximum absolute atomic E-state index is 11.0. The monoisotopic (exact) mass is 475 g/mol. The minimum absolute atomic E-state index is 0.211. The molecule has 1 amide bonds. The summed E-state index contributed by atoms with van der Waals surface area (Å²) in [5.74, 6) is 0.410. The number of rotatable bonds is 9. The second-order valence-corrected chi connectivity index (χ2v) is 7.74. The Labute approximate surface area is 203 Å². The Bertz CT molecular complexity index is 880. The quantitative estimate of drug-likeness (QED) is 0.311. The van der Waals surface area contributed by atoms with Crippen molar-refractivity contribution in [2.45, 2.75) is 72.8 Å². The fourth-order valence-electron chi connectivity index (χ4n) is 3.70. The molecule has 1 aliphatic carbocycles. The molecule has 0 aromatic heterocycles. The SMILES string of the molecule is CC.CCOC(C)=O.CCO[C@@H](c1cc(Cl)ccc1NC=O)c1cccc(CC)c1C1CC1. The molecule has 2 aromatic carbocycles. The lowest BCUT2D eigenvalue weighted by Crippen LogP contribution is -2.13. The lowest BCUT2D eigenvalue weighted by Gasteiger charge is -2.25. The summed E-state index contributed by atoms with van der Waals surface area (Å²) in [4.78, 5) is 20.9. The summed E-state index contributed by atoms with van der Waals surface area (Å²) in [6.45, 7) is 12.4. The molecule has 0 radical (unpaired) electrons. The van der Waals surface area contributed by atoms with Crippen LogP contribution in [0, 0.1) is 0 Å². The normalized spacial score (nSPS) is 12.9.